The summed E-state index contributed by atoms with van der Waals surface area (Å²) in [7, 11) is -3.23. The average Bonchev–Trinajstić information content (AvgIpc) is 3.55. The van der Waals surface area contributed by atoms with Crippen LogP contribution in [0.25, 0.3) is 77.2 Å². The van der Waals surface area contributed by atoms with Gasteiger partial charge in [-0.2, -0.15) is 0 Å². The summed E-state index contributed by atoms with van der Waals surface area (Å²) in [5.74, 6) is 0. The first kappa shape index (κ1) is 30.5. The van der Waals surface area contributed by atoms with Crippen molar-refractivity contribution in [1.82, 2.24) is 0 Å². The van der Waals surface area contributed by atoms with Crippen LogP contribution < -0.4 is 15.9 Å². The quantitative estimate of drug-likeness (QED) is 0.160. The molecular weight excluding hydrogens is 648 g/mol. The molecule has 0 aliphatic heterocycles. The van der Waals surface area contributed by atoms with Crippen molar-refractivity contribution in [1.29, 1.82) is 0 Å². The van der Waals surface area contributed by atoms with Crippen molar-refractivity contribution in [3.63, 3.8) is 0 Å². The van der Waals surface area contributed by atoms with E-state index in [-0.39, 0.29) is 0 Å². The minimum atomic E-state index is -3.23. The molecule has 2 heteroatoms. The fraction of sp³-hybridized carbons (Fsp3) is 0. The lowest BCUT2D eigenvalue weighted by Gasteiger charge is -2.22. The summed E-state index contributed by atoms with van der Waals surface area (Å²) in [5, 5.41) is 7.46. The van der Waals surface area contributed by atoms with Gasteiger partial charge in [0.2, 0.25) is 0 Å². The third kappa shape index (κ3) is 4.67. The first-order valence-electron chi connectivity index (χ1n) is 17.8. The summed E-state index contributed by atoms with van der Waals surface area (Å²) < 4.78 is 15.7. The van der Waals surface area contributed by atoms with Crippen molar-refractivity contribution in [3.05, 3.63) is 200 Å². The Morgan fingerprint density at radius 2 is 0.750 bits per heavy atom. The highest BCUT2D eigenvalue weighted by Crippen LogP contribution is 2.57. The second-order valence-electron chi connectivity index (χ2n) is 13.5. The fourth-order valence-electron chi connectivity index (χ4n) is 8.37. The predicted octanol–water partition coefficient (Wildman–Crippen LogP) is 12.3. The number of benzene rings is 9. The van der Waals surface area contributed by atoms with E-state index in [4.69, 9.17) is 0 Å². The molecule has 1 aliphatic carbocycles. The lowest BCUT2D eigenvalue weighted by atomic mass is 9.82. The Morgan fingerprint density at radius 1 is 0.308 bits per heavy atom. The van der Waals surface area contributed by atoms with Crippen LogP contribution >= 0.6 is 7.14 Å². The molecule has 1 aliphatic rings. The van der Waals surface area contributed by atoms with Crippen molar-refractivity contribution in [2.45, 2.75) is 0 Å². The Morgan fingerprint density at radius 3 is 1.35 bits per heavy atom. The summed E-state index contributed by atoms with van der Waals surface area (Å²) in [6, 6.07) is 70.1. The van der Waals surface area contributed by atoms with E-state index in [9.17, 15) is 0 Å². The van der Waals surface area contributed by atoms with Gasteiger partial charge in [0, 0.05) is 15.9 Å². The molecule has 0 saturated heterocycles. The summed E-state index contributed by atoms with van der Waals surface area (Å²) >= 11 is 0. The van der Waals surface area contributed by atoms with Gasteiger partial charge in [0.25, 0.3) is 0 Å². The molecule has 0 bridgehead atoms. The Labute approximate surface area is 303 Å². The molecule has 1 unspecified atom stereocenters. The maximum absolute atomic E-state index is 15.7. The van der Waals surface area contributed by atoms with E-state index < -0.39 is 7.14 Å². The standard InChI is InChI=1S/C50H33OP/c51-52(39-22-8-3-9-23-39,41-24-12-21-38(33-41)34-15-4-1-5-16-34)40-31-29-37(30-32-40)48-43-26-11-10-25-42(43)47(36-17-6-2-7-18-36)49-44-27-13-19-35-20-14-28-45(46(35)44)50(48)49/h1-33H. The molecule has 0 radical (unpaired) electrons. The minimum absolute atomic E-state index is 0.819. The Bertz CT molecular complexity index is 2830. The van der Waals surface area contributed by atoms with Crippen LogP contribution in [0.3, 0.4) is 0 Å². The molecule has 0 spiro atoms. The Hall–Kier alpha value is -6.27. The molecule has 0 amide bonds. The van der Waals surface area contributed by atoms with Gasteiger partial charge in [-0.25, -0.2) is 0 Å². The molecule has 0 fully saturated rings. The van der Waals surface area contributed by atoms with Crippen molar-refractivity contribution in [2.75, 3.05) is 0 Å². The van der Waals surface area contributed by atoms with E-state index in [1.807, 2.05) is 60.7 Å². The van der Waals surface area contributed by atoms with Gasteiger partial charge >= 0.3 is 0 Å². The van der Waals surface area contributed by atoms with Gasteiger partial charge in [0.05, 0.1) is 0 Å². The molecule has 244 valence electrons. The molecule has 9 aromatic rings. The summed E-state index contributed by atoms with van der Waals surface area (Å²) in [4.78, 5) is 0. The van der Waals surface area contributed by atoms with Crippen LogP contribution in [-0.2, 0) is 4.57 Å². The topological polar surface area (TPSA) is 17.1 Å². The molecule has 10 rings (SSSR count). The normalized spacial score (nSPS) is 12.8. The van der Waals surface area contributed by atoms with Crippen LogP contribution in [-0.4, -0.2) is 0 Å². The lowest BCUT2D eigenvalue weighted by molar-refractivity contribution is 0.592. The molecule has 0 aromatic heterocycles. The van der Waals surface area contributed by atoms with E-state index in [0.717, 1.165) is 32.6 Å². The van der Waals surface area contributed by atoms with E-state index in [2.05, 4.69) is 140 Å². The molecular formula is C50H33OP. The zero-order valence-electron chi connectivity index (χ0n) is 28.4. The van der Waals surface area contributed by atoms with Gasteiger partial charge in [-0.1, -0.05) is 194 Å². The maximum atomic E-state index is 15.7. The minimum Gasteiger partial charge on any atom is -0.309 e. The molecule has 0 N–H and O–H groups in total. The average molecular weight is 681 g/mol. The summed E-state index contributed by atoms with van der Waals surface area (Å²) in [6.07, 6.45) is 0. The van der Waals surface area contributed by atoms with Gasteiger partial charge in [0.15, 0.2) is 7.14 Å². The predicted molar refractivity (Wildman–Crippen MR) is 222 cm³/mol. The maximum Gasteiger partial charge on any atom is 0.171 e. The van der Waals surface area contributed by atoms with Crippen LogP contribution in [0.5, 0.6) is 0 Å². The lowest BCUT2D eigenvalue weighted by Crippen LogP contribution is -2.25. The first-order valence-corrected chi connectivity index (χ1v) is 19.5. The summed E-state index contributed by atoms with van der Waals surface area (Å²) in [6.45, 7) is 0. The fourth-order valence-corrected chi connectivity index (χ4v) is 11.0. The van der Waals surface area contributed by atoms with E-state index in [1.54, 1.807) is 0 Å². The zero-order chi connectivity index (χ0) is 34.6. The number of rotatable bonds is 6. The largest absolute Gasteiger partial charge is 0.309 e. The van der Waals surface area contributed by atoms with Crippen LogP contribution in [0.4, 0.5) is 0 Å². The first-order chi connectivity index (χ1) is 25.7. The smallest absolute Gasteiger partial charge is 0.171 e. The zero-order valence-corrected chi connectivity index (χ0v) is 29.3. The molecule has 52 heavy (non-hydrogen) atoms. The monoisotopic (exact) mass is 680 g/mol. The van der Waals surface area contributed by atoms with Gasteiger partial charge < -0.3 is 4.57 Å². The summed E-state index contributed by atoms with van der Waals surface area (Å²) in [5.41, 5.74) is 12.0. The Kier molecular flexibility index (Phi) is 7.17. The second-order valence-corrected chi connectivity index (χ2v) is 16.3. The van der Waals surface area contributed by atoms with E-state index in [1.165, 1.54) is 60.5 Å². The second kappa shape index (κ2) is 12.2. The van der Waals surface area contributed by atoms with Crippen LogP contribution in [0.15, 0.2) is 200 Å². The van der Waals surface area contributed by atoms with Crippen LogP contribution in [0.2, 0.25) is 0 Å². The highest BCUT2D eigenvalue weighted by molar-refractivity contribution is 7.85. The Balaban J connectivity index is 1.22. The van der Waals surface area contributed by atoms with E-state index in [0.29, 0.717) is 0 Å². The highest BCUT2D eigenvalue weighted by Gasteiger charge is 2.32. The van der Waals surface area contributed by atoms with Crippen molar-refractivity contribution in [3.8, 4) is 55.6 Å². The highest BCUT2D eigenvalue weighted by atomic mass is 31.2. The number of hydrogen-bond donors (Lipinski definition) is 0. The van der Waals surface area contributed by atoms with Gasteiger partial charge in [-0.3, -0.25) is 0 Å². The molecule has 1 atom stereocenters. The third-order valence-corrected chi connectivity index (χ3v) is 13.7. The molecule has 1 nitrogen and oxygen atoms in total. The third-order valence-electron chi connectivity index (χ3n) is 10.7. The van der Waals surface area contributed by atoms with Gasteiger partial charge in [-0.05, 0) is 83.2 Å². The number of fused-ring (bicyclic) bond motifs is 4. The van der Waals surface area contributed by atoms with Crippen molar-refractivity contribution >= 4 is 44.6 Å². The van der Waals surface area contributed by atoms with Crippen molar-refractivity contribution in [2.24, 2.45) is 0 Å². The van der Waals surface area contributed by atoms with Crippen LogP contribution in [0.1, 0.15) is 0 Å². The molecule has 0 heterocycles. The van der Waals surface area contributed by atoms with Crippen molar-refractivity contribution < 1.29 is 4.57 Å². The van der Waals surface area contributed by atoms with E-state index >= 15 is 4.57 Å². The number of hydrogen-bond acceptors (Lipinski definition) is 1. The van der Waals surface area contributed by atoms with Gasteiger partial charge in [0.1, 0.15) is 0 Å². The molecule has 0 saturated carbocycles. The van der Waals surface area contributed by atoms with Gasteiger partial charge in [-0.15, -0.1) is 0 Å². The SMILES string of the molecule is O=P(c1ccccc1)(c1ccc(-c2c3c(c(-c4ccccc4)c4ccccc24)-c2cccc4cccc-3c24)cc1)c1cccc(-c2ccccc2)c1. The van der Waals surface area contributed by atoms with Crippen LogP contribution in [0, 0.1) is 0 Å². The molecule has 9 aromatic carbocycles.